The molecule has 6 heteroatoms. The Morgan fingerprint density at radius 3 is 2.80 bits per heavy atom. The predicted octanol–water partition coefficient (Wildman–Crippen LogP) is 1.80. The smallest absolute Gasteiger partial charge is 0.334 e. The van der Waals surface area contributed by atoms with E-state index in [0.717, 1.165) is 30.3 Å². The van der Waals surface area contributed by atoms with Gasteiger partial charge in [-0.05, 0) is 31.0 Å². The molecule has 0 saturated heterocycles. The normalized spacial score (nSPS) is 16.4. The van der Waals surface area contributed by atoms with E-state index >= 15 is 0 Å². The van der Waals surface area contributed by atoms with Gasteiger partial charge in [-0.2, -0.15) is 0 Å². The highest BCUT2D eigenvalue weighted by Gasteiger charge is 2.19. The van der Waals surface area contributed by atoms with Crippen molar-refractivity contribution in [2.75, 3.05) is 5.73 Å². The van der Waals surface area contributed by atoms with Gasteiger partial charge in [-0.25, -0.2) is 14.2 Å². The molecule has 1 aliphatic rings. The van der Waals surface area contributed by atoms with Crippen LogP contribution in [0.2, 0.25) is 0 Å². The average Bonchev–Trinajstić information content (AvgIpc) is 2.75. The Balaban J connectivity index is 1.92. The molecule has 0 aliphatic heterocycles. The molecule has 1 saturated carbocycles. The fraction of sp³-hybridized carbons (Fsp3) is 0.429. The lowest BCUT2D eigenvalue weighted by molar-refractivity contribution is 0.234. The van der Waals surface area contributed by atoms with Crippen LogP contribution in [0.4, 0.5) is 10.5 Å². The summed E-state index contributed by atoms with van der Waals surface area (Å²) >= 11 is 0. The number of carbonyl (C=O) groups is 1. The van der Waals surface area contributed by atoms with Crippen molar-refractivity contribution in [3.05, 3.63) is 28.7 Å². The third-order valence-electron chi connectivity index (χ3n) is 3.84. The standard InChI is InChI=1S/C14H18N4O2/c15-9-6-7-11-12(8-9)18(14(20)17-11)13(19)16-10-4-2-1-3-5-10/h6-8,10H,1-5,15H2,(H,16,19)(H,17,20). The lowest BCUT2D eigenvalue weighted by atomic mass is 9.96. The van der Waals surface area contributed by atoms with E-state index in [9.17, 15) is 9.59 Å². The number of carbonyl (C=O) groups excluding carboxylic acids is 1. The van der Waals surface area contributed by atoms with Gasteiger partial charge in [0.1, 0.15) is 0 Å². The summed E-state index contributed by atoms with van der Waals surface area (Å²) in [4.78, 5) is 26.9. The van der Waals surface area contributed by atoms with Gasteiger partial charge in [-0.1, -0.05) is 19.3 Å². The highest BCUT2D eigenvalue weighted by atomic mass is 16.2. The Kier molecular flexibility index (Phi) is 3.22. The van der Waals surface area contributed by atoms with E-state index in [1.165, 1.54) is 6.42 Å². The van der Waals surface area contributed by atoms with Crippen LogP contribution in [0, 0.1) is 0 Å². The Labute approximate surface area is 116 Å². The molecule has 1 aromatic heterocycles. The average molecular weight is 274 g/mol. The van der Waals surface area contributed by atoms with Crippen LogP contribution >= 0.6 is 0 Å². The van der Waals surface area contributed by atoms with Gasteiger partial charge in [-0.15, -0.1) is 0 Å². The van der Waals surface area contributed by atoms with E-state index in [1.54, 1.807) is 18.2 Å². The maximum absolute atomic E-state index is 12.3. The van der Waals surface area contributed by atoms with Gasteiger partial charge in [0.15, 0.2) is 0 Å². The zero-order chi connectivity index (χ0) is 14.1. The van der Waals surface area contributed by atoms with Crippen LogP contribution in [0.1, 0.15) is 32.1 Å². The second kappa shape index (κ2) is 5.03. The number of nitrogens with two attached hydrogens (primary N) is 1. The highest BCUT2D eigenvalue weighted by molar-refractivity contribution is 5.90. The summed E-state index contributed by atoms with van der Waals surface area (Å²) < 4.78 is 1.13. The van der Waals surface area contributed by atoms with Gasteiger partial charge < -0.3 is 16.0 Å². The van der Waals surface area contributed by atoms with Crippen molar-refractivity contribution >= 4 is 22.8 Å². The van der Waals surface area contributed by atoms with E-state index in [-0.39, 0.29) is 12.1 Å². The number of rotatable bonds is 1. The Hall–Kier alpha value is -2.24. The monoisotopic (exact) mass is 274 g/mol. The van der Waals surface area contributed by atoms with Crippen molar-refractivity contribution in [2.24, 2.45) is 0 Å². The van der Waals surface area contributed by atoms with Gasteiger partial charge in [0.05, 0.1) is 11.0 Å². The molecule has 1 amide bonds. The van der Waals surface area contributed by atoms with E-state index in [4.69, 9.17) is 5.73 Å². The molecule has 4 N–H and O–H groups in total. The van der Waals surface area contributed by atoms with Crippen LogP contribution in [-0.4, -0.2) is 21.6 Å². The van der Waals surface area contributed by atoms with Crippen LogP contribution < -0.4 is 16.7 Å². The number of hydrogen-bond acceptors (Lipinski definition) is 3. The fourth-order valence-electron chi connectivity index (χ4n) is 2.81. The topological polar surface area (TPSA) is 92.9 Å². The molecule has 6 nitrogen and oxygen atoms in total. The van der Waals surface area contributed by atoms with Crippen molar-refractivity contribution < 1.29 is 4.79 Å². The molecule has 0 atom stereocenters. The van der Waals surface area contributed by atoms with Crippen LogP contribution in [-0.2, 0) is 0 Å². The van der Waals surface area contributed by atoms with Crippen molar-refractivity contribution in [1.29, 1.82) is 0 Å². The molecule has 106 valence electrons. The highest BCUT2D eigenvalue weighted by Crippen LogP contribution is 2.18. The number of nitrogens with zero attached hydrogens (tertiary/aromatic N) is 1. The minimum atomic E-state index is -0.432. The lowest BCUT2D eigenvalue weighted by Crippen LogP contribution is -2.42. The molecular weight excluding hydrogens is 256 g/mol. The second-order valence-electron chi connectivity index (χ2n) is 5.33. The second-order valence-corrected chi connectivity index (χ2v) is 5.33. The molecule has 1 aromatic carbocycles. The molecule has 0 radical (unpaired) electrons. The quantitative estimate of drug-likeness (QED) is 0.692. The van der Waals surface area contributed by atoms with Crippen molar-refractivity contribution in [3.8, 4) is 0 Å². The number of nitrogen functional groups attached to an aromatic ring is 1. The number of fused-ring (bicyclic) bond motifs is 1. The summed E-state index contributed by atoms with van der Waals surface area (Å²) in [5.41, 5.74) is 6.95. The molecular formula is C14H18N4O2. The first-order chi connectivity index (χ1) is 9.65. The number of aromatic nitrogens is 2. The molecule has 20 heavy (non-hydrogen) atoms. The minimum Gasteiger partial charge on any atom is -0.399 e. The first kappa shape index (κ1) is 12.8. The van der Waals surface area contributed by atoms with Crippen molar-refractivity contribution in [2.45, 2.75) is 38.1 Å². The third kappa shape index (κ3) is 2.29. The largest absolute Gasteiger partial charge is 0.399 e. The summed E-state index contributed by atoms with van der Waals surface area (Å²) in [6, 6.07) is 4.82. The van der Waals surface area contributed by atoms with Gasteiger partial charge in [0.25, 0.3) is 0 Å². The number of amides is 1. The van der Waals surface area contributed by atoms with Crippen LogP contribution in [0.15, 0.2) is 23.0 Å². The fourth-order valence-corrected chi connectivity index (χ4v) is 2.81. The first-order valence-corrected chi connectivity index (χ1v) is 6.96. The molecule has 1 fully saturated rings. The van der Waals surface area contributed by atoms with Crippen LogP contribution in [0.25, 0.3) is 11.0 Å². The van der Waals surface area contributed by atoms with Gasteiger partial charge in [0.2, 0.25) is 0 Å². The van der Waals surface area contributed by atoms with Gasteiger partial charge in [-0.3, -0.25) is 0 Å². The Morgan fingerprint density at radius 2 is 2.05 bits per heavy atom. The molecule has 0 spiro atoms. The lowest BCUT2D eigenvalue weighted by Gasteiger charge is -2.22. The van der Waals surface area contributed by atoms with E-state index < -0.39 is 5.69 Å². The number of hydrogen-bond donors (Lipinski definition) is 3. The van der Waals surface area contributed by atoms with E-state index in [2.05, 4.69) is 10.3 Å². The molecule has 2 aromatic rings. The SMILES string of the molecule is Nc1ccc2[nH]c(=O)n(C(=O)NC3CCCCC3)c2c1. The maximum Gasteiger partial charge on any atom is 0.334 e. The summed E-state index contributed by atoms with van der Waals surface area (Å²) in [5, 5.41) is 2.94. The number of nitrogens with one attached hydrogen (secondary N) is 2. The summed E-state index contributed by atoms with van der Waals surface area (Å²) in [7, 11) is 0. The van der Waals surface area contributed by atoms with E-state index in [1.807, 2.05) is 0 Å². The van der Waals surface area contributed by atoms with Crippen molar-refractivity contribution in [3.63, 3.8) is 0 Å². The Morgan fingerprint density at radius 1 is 1.30 bits per heavy atom. The summed E-state index contributed by atoms with van der Waals surface area (Å²) in [5.74, 6) is 0. The molecule has 3 rings (SSSR count). The maximum atomic E-state index is 12.3. The molecule has 0 unspecified atom stereocenters. The van der Waals surface area contributed by atoms with Crippen LogP contribution in [0.5, 0.6) is 0 Å². The zero-order valence-electron chi connectivity index (χ0n) is 11.2. The van der Waals surface area contributed by atoms with Crippen LogP contribution in [0.3, 0.4) is 0 Å². The minimum absolute atomic E-state index is 0.161. The molecule has 1 heterocycles. The van der Waals surface area contributed by atoms with Gasteiger partial charge in [0, 0.05) is 11.7 Å². The molecule has 1 aliphatic carbocycles. The molecule has 0 bridgehead atoms. The zero-order valence-corrected chi connectivity index (χ0v) is 11.2. The Bertz CT molecular complexity index is 695. The first-order valence-electron chi connectivity index (χ1n) is 6.96. The van der Waals surface area contributed by atoms with Crippen molar-refractivity contribution in [1.82, 2.24) is 14.9 Å². The van der Waals surface area contributed by atoms with E-state index in [0.29, 0.717) is 16.7 Å². The van der Waals surface area contributed by atoms with Gasteiger partial charge >= 0.3 is 11.7 Å². The number of anilines is 1. The number of aromatic amines is 1. The number of imidazole rings is 1. The number of H-pyrrole nitrogens is 1. The third-order valence-corrected chi connectivity index (χ3v) is 3.84. The predicted molar refractivity (Wildman–Crippen MR) is 77.8 cm³/mol. The summed E-state index contributed by atoms with van der Waals surface area (Å²) in [6.45, 7) is 0. The number of benzene rings is 1. The summed E-state index contributed by atoms with van der Waals surface area (Å²) in [6.07, 6.45) is 5.42.